The summed E-state index contributed by atoms with van der Waals surface area (Å²) in [5, 5.41) is 3.56. The summed E-state index contributed by atoms with van der Waals surface area (Å²) in [5.74, 6) is 1.72. The van der Waals surface area contributed by atoms with Crippen LogP contribution in [0.5, 0.6) is 0 Å². The molecule has 1 saturated carbocycles. The number of nitrogens with one attached hydrogen (secondary N) is 1. The van der Waals surface area contributed by atoms with E-state index in [1.54, 1.807) is 18.3 Å². The van der Waals surface area contributed by atoms with Gasteiger partial charge >= 0.3 is 6.18 Å². The number of nitrogens with zero attached hydrogens (tertiary/aromatic N) is 2. The molecule has 1 aromatic heterocycles. The highest BCUT2D eigenvalue weighted by molar-refractivity contribution is 5.62. The largest absolute Gasteiger partial charge is 0.424 e. The third-order valence-corrected chi connectivity index (χ3v) is 7.61. The van der Waals surface area contributed by atoms with E-state index in [9.17, 15) is 13.2 Å². The number of halogens is 3. The van der Waals surface area contributed by atoms with Gasteiger partial charge in [-0.3, -0.25) is 0 Å². The van der Waals surface area contributed by atoms with E-state index in [-0.39, 0.29) is 0 Å². The molecule has 1 aliphatic carbocycles. The number of piperidine rings is 1. The van der Waals surface area contributed by atoms with E-state index in [0.717, 1.165) is 56.4 Å². The molecule has 3 N–H and O–H groups in total. The van der Waals surface area contributed by atoms with Crippen molar-refractivity contribution in [3.8, 4) is 11.3 Å². The fraction of sp³-hybridized carbons (Fsp3) is 0.464. The van der Waals surface area contributed by atoms with Gasteiger partial charge in [0.25, 0.3) is 6.01 Å². The zero-order valence-electron chi connectivity index (χ0n) is 20.3. The number of aromatic nitrogens is 1. The Balaban J connectivity index is 1.21. The number of nitrogen functional groups attached to an aromatic ring is 1. The summed E-state index contributed by atoms with van der Waals surface area (Å²) in [7, 11) is 0. The van der Waals surface area contributed by atoms with E-state index in [1.165, 1.54) is 25.0 Å². The molecule has 3 atom stereocenters. The minimum absolute atomic E-state index is 0.299. The lowest BCUT2D eigenvalue weighted by Gasteiger charge is -2.39. The van der Waals surface area contributed by atoms with Crippen LogP contribution in [0.15, 0.2) is 59.1 Å². The number of nitrogens with two attached hydrogens (primary N) is 1. The van der Waals surface area contributed by atoms with Crippen molar-refractivity contribution < 1.29 is 17.6 Å². The quantitative estimate of drug-likeness (QED) is 0.351. The maximum Gasteiger partial charge on any atom is 0.416 e. The Hall–Kier alpha value is -3.16. The van der Waals surface area contributed by atoms with Crippen molar-refractivity contribution in [1.82, 2.24) is 4.98 Å². The number of hydrogen-bond donors (Lipinski definition) is 2. The van der Waals surface area contributed by atoms with Crippen LogP contribution < -0.4 is 16.0 Å². The van der Waals surface area contributed by atoms with Crippen molar-refractivity contribution in [1.29, 1.82) is 0 Å². The van der Waals surface area contributed by atoms with Gasteiger partial charge in [0.1, 0.15) is 0 Å². The molecule has 1 saturated heterocycles. The van der Waals surface area contributed by atoms with Crippen LogP contribution in [0.25, 0.3) is 11.3 Å². The van der Waals surface area contributed by atoms with Crippen molar-refractivity contribution in [2.75, 3.05) is 29.0 Å². The molecule has 8 heteroatoms. The van der Waals surface area contributed by atoms with E-state index in [2.05, 4.69) is 15.2 Å². The van der Waals surface area contributed by atoms with Crippen LogP contribution in [0, 0.1) is 11.8 Å². The lowest BCUT2D eigenvalue weighted by Crippen LogP contribution is -2.39. The molecule has 5 nitrogen and oxygen atoms in total. The molecule has 192 valence electrons. The number of anilines is 3. The normalized spacial score (nSPS) is 23.0. The number of benzene rings is 2. The first-order valence-electron chi connectivity index (χ1n) is 12.9. The topological polar surface area (TPSA) is 67.3 Å². The third-order valence-electron chi connectivity index (χ3n) is 7.61. The maximum atomic E-state index is 12.9. The van der Waals surface area contributed by atoms with Gasteiger partial charge in [0, 0.05) is 36.1 Å². The smallest absolute Gasteiger partial charge is 0.416 e. The molecule has 5 rings (SSSR count). The summed E-state index contributed by atoms with van der Waals surface area (Å²) in [5.41, 5.74) is 7.77. The third kappa shape index (κ3) is 5.79. The van der Waals surface area contributed by atoms with E-state index in [4.69, 9.17) is 10.2 Å². The average molecular weight is 499 g/mol. The second kappa shape index (κ2) is 10.4. The van der Waals surface area contributed by atoms with Gasteiger partial charge in [-0.15, -0.1) is 0 Å². The molecule has 2 fully saturated rings. The Bertz CT molecular complexity index is 1140. The minimum Gasteiger partial charge on any atom is -0.424 e. The zero-order valence-corrected chi connectivity index (χ0v) is 20.3. The van der Waals surface area contributed by atoms with E-state index >= 15 is 0 Å². The van der Waals surface area contributed by atoms with Gasteiger partial charge in [-0.2, -0.15) is 13.2 Å². The predicted molar refractivity (Wildman–Crippen MR) is 137 cm³/mol. The van der Waals surface area contributed by atoms with Gasteiger partial charge in [-0.05, 0) is 80.3 Å². The Morgan fingerprint density at radius 2 is 1.83 bits per heavy atom. The van der Waals surface area contributed by atoms with Crippen LogP contribution >= 0.6 is 0 Å². The monoisotopic (exact) mass is 498 g/mol. The Morgan fingerprint density at radius 3 is 2.61 bits per heavy atom. The molecule has 0 bridgehead atoms. The summed E-state index contributed by atoms with van der Waals surface area (Å²) in [6.45, 7) is 1.77. The Kier molecular flexibility index (Phi) is 7.12. The summed E-state index contributed by atoms with van der Waals surface area (Å²) in [6.07, 6.45) is 5.38. The van der Waals surface area contributed by atoms with Crippen LogP contribution in [-0.2, 0) is 6.18 Å². The molecule has 1 aliphatic heterocycles. The molecule has 2 heterocycles. The first kappa shape index (κ1) is 24.5. The molecular weight excluding hydrogens is 465 g/mol. The molecule has 0 unspecified atom stereocenters. The molecule has 36 heavy (non-hydrogen) atoms. The van der Waals surface area contributed by atoms with Crippen molar-refractivity contribution in [2.45, 2.75) is 57.2 Å². The second-order valence-electron chi connectivity index (χ2n) is 10.2. The summed E-state index contributed by atoms with van der Waals surface area (Å²) in [6, 6.07) is 14.0. The van der Waals surface area contributed by atoms with Crippen molar-refractivity contribution >= 4 is 17.4 Å². The minimum atomic E-state index is -4.30. The van der Waals surface area contributed by atoms with Crippen LogP contribution in [0.1, 0.15) is 50.5 Å². The SMILES string of the molecule is Nc1cccc(-c2cnc(N[C@@H]3CCCC[C@H]3C[C@H]3CCCN(c4ccc(C(F)(F)F)cc4)C3)o2)c1. The zero-order chi connectivity index (χ0) is 25.1. The van der Waals surface area contributed by atoms with Gasteiger partial charge in [-0.1, -0.05) is 25.0 Å². The number of alkyl halides is 3. The first-order chi connectivity index (χ1) is 17.3. The standard InChI is InChI=1S/C28H33F3N4O/c29-28(30,31)22-10-12-24(13-11-22)35-14-4-5-19(18-35)15-20-6-1-2-9-25(20)34-27-33-17-26(36-27)21-7-3-8-23(32)16-21/h3,7-8,10-13,16-17,19-20,25H,1-2,4-6,9,14-15,18,32H2,(H,33,34)/t19-,20+,25-/m1/s1. The van der Waals surface area contributed by atoms with Crippen LogP contribution in [-0.4, -0.2) is 24.1 Å². The number of rotatable bonds is 6. The summed E-state index contributed by atoms with van der Waals surface area (Å²) < 4.78 is 44.8. The van der Waals surface area contributed by atoms with Crippen LogP contribution in [0.4, 0.5) is 30.6 Å². The molecule has 2 aromatic carbocycles. The van der Waals surface area contributed by atoms with Crippen LogP contribution in [0.3, 0.4) is 0 Å². The van der Waals surface area contributed by atoms with Crippen LogP contribution in [0.2, 0.25) is 0 Å². The number of hydrogen-bond acceptors (Lipinski definition) is 5. The highest BCUT2D eigenvalue weighted by Gasteiger charge is 2.32. The summed E-state index contributed by atoms with van der Waals surface area (Å²) in [4.78, 5) is 6.71. The van der Waals surface area contributed by atoms with Gasteiger partial charge in [0.05, 0.1) is 11.8 Å². The second-order valence-corrected chi connectivity index (χ2v) is 10.2. The van der Waals surface area contributed by atoms with Crippen molar-refractivity contribution in [3.05, 3.63) is 60.3 Å². The average Bonchev–Trinajstić information content (AvgIpc) is 3.34. The molecule has 0 amide bonds. The Morgan fingerprint density at radius 1 is 1.03 bits per heavy atom. The number of oxazole rings is 1. The molecular formula is C28H33F3N4O. The van der Waals surface area contributed by atoms with Crippen molar-refractivity contribution in [2.24, 2.45) is 11.8 Å². The van der Waals surface area contributed by atoms with Gasteiger partial charge in [-0.25, -0.2) is 4.98 Å². The first-order valence-corrected chi connectivity index (χ1v) is 12.9. The maximum absolute atomic E-state index is 12.9. The fourth-order valence-corrected chi connectivity index (χ4v) is 5.79. The molecule has 0 spiro atoms. The molecule has 2 aliphatic rings. The Labute approximate surface area is 209 Å². The lowest BCUT2D eigenvalue weighted by molar-refractivity contribution is -0.137. The molecule has 3 aromatic rings. The van der Waals surface area contributed by atoms with E-state index < -0.39 is 11.7 Å². The van der Waals surface area contributed by atoms with E-state index in [0.29, 0.717) is 35.3 Å². The van der Waals surface area contributed by atoms with E-state index in [1.807, 2.05) is 24.3 Å². The lowest BCUT2D eigenvalue weighted by atomic mass is 9.77. The van der Waals surface area contributed by atoms with Gasteiger partial charge < -0.3 is 20.4 Å². The molecule has 0 radical (unpaired) electrons. The highest BCUT2D eigenvalue weighted by atomic mass is 19.4. The summed E-state index contributed by atoms with van der Waals surface area (Å²) >= 11 is 0. The van der Waals surface area contributed by atoms with Gasteiger partial charge in [0.2, 0.25) is 0 Å². The highest BCUT2D eigenvalue weighted by Crippen LogP contribution is 2.36. The van der Waals surface area contributed by atoms with Crippen molar-refractivity contribution in [3.63, 3.8) is 0 Å². The fourth-order valence-electron chi connectivity index (χ4n) is 5.79. The van der Waals surface area contributed by atoms with Gasteiger partial charge in [0.15, 0.2) is 5.76 Å². The predicted octanol–water partition coefficient (Wildman–Crippen LogP) is 7.22.